The molecule has 0 aliphatic carbocycles. The van der Waals surface area contributed by atoms with Crippen LogP contribution in [0.3, 0.4) is 0 Å². The molecule has 1 aromatic rings. The Balaban J connectivity index is 1.76. The first-order chi connectivity index (χ1) is 12.3. The van der Waals surface area contributed by atoms with Crippen molar-refractivity contribution in [1.29, 1.82) is 0 Å². The van der Waals surface area contributed by atoms with Gasteiger partial charge in [-0.3, -0.25) is 4.99 Å². The van der Waals surface area contributed by atoms with Gasteiger partial charge in [-0.15, -0.1) is 0 Å². The van der Waals surface area contributed by atoms with Gasteiger partial charge in [-0.1, -0.05) is 11.6 Å². The van der Waals surface area contributed by atoms with Crippen LogP contribution in [0.4, 0.5) is 5.69 Å². The topological polar surface area (TPSA) is 82.2 Å². The molecule has 0 atom stereocenters. The van der Waals surface area contributed by atoms with Crippen LogP contribution in [0, 0.1) is 0 Å². The minimum Gasteiger partial charge on any atom is -0.370 e. The molecule has 0 aromatic heterocycles. The molecular formula is C17H28ClN5O2S. The van der Waals surface area contributed by atoms with E-state index in [-0.39, 0.29) is 5.75 Å². The zero-order valence-electron chi connectivity index (χ0n) is 15.4. The second-order valence-corrected chi connectivity index (χ2v) is 9.07. The van der Waals surface area contributed by atoms with Gasteiger partial charge in [-0.05, 0) is 37.6 Å². The second kappa shape index (κ2) is 9.43. The Hall–Kier alpha value is -1.51. The number of nitrogens with two attached hydrogens (primary N) is 1. The second-order valence-electron chi connectivity index (χ2n) is 6.27. The third-order valence-corrected chi connectivity index (χ3v) is 6.65. The molecule has 0 unspecified atom stereocenters. The lowest BCUT2D eigenvalue weighted by Crippen LogP contribution is -2.51. The van der Waals surface area contributed by atoms with Gasteiger partial charge in [-0.25, -0.2) is 12.7 Å². The first kappa shape index (κ1) is 20.8. The lowest BCUT2D eigenvalue weighted by Gasteiger charge is -2.36. The maximum Gasteiger partial charge on any atom is 0.213 e. The minimum atomic E-state index is -3.13. The summed E-state index contributed by atoms with van der Waals surface area (Å²) in [5.74, 6) is 0.647. The Kier molecular flexibility index (Phi) is 7.55. The molecular weight excluding hydrogens is 374 g/mol. The zero-order valence-corrected chi connectivity index (χ0v) is 17.0. The lowest BCUT2D eigenvalue weighted by molar-refractivity contribution is 0.380. The fraction of sp³-hybridized carbons (Fsp3) is 0.588. The highest BCUT2D eigenvalue weighted by Crippen LogP contribution is 2.19. The third-order valence-electron chi connectivity index (χ3n) is 4.54. The smallest absolute Gasteiger partial charge is 0.213 e. The number of sulfonamides is 1. The monoisotopic (exact) mass is 401 g/mol. The van der Waals surface area contributed by atoms with E-state index < -0.39 is 10.0 Å². The van der Waals surface area contributed by atoms with E-state index in [2.05, 4.69) is 14.8 Å². The molecule has 1 aromatic carbocycles. The van der Waals surface area contributed by atoms with Crippen molar-refractivity contribution in [3.05, 3.63) is 29.3 Å². The Labute approximate surface area is 161 Å². The summed E-state index contributed by atoms with van der Waals surface area (Å²) < 4.78 is 24.8. The molecule has 0 spiro atoms. The van der Waals surface area contributed by atoms with Crippen LogP contribution in [0.2, 0.25) is 5.02 Å². The Bertz CT molecular complexity index is 700. The van der Waals surface area contributed by atoms with E-state index in [4.69, 9.17) is 17.3 Å². The van der Waals surface area contributed by atoms with Gasteiger partial charge in [0.05, 0.1) is 5.75 Å². The number of nitrogens with zero attached hydrogens (tertiary/aromatic N) is 4. The maximum atomic E-state index is 11.7. The van der Waals surface area contributed by atoms with Gasteiger partial charge in [0.2, 0.25) is 10.0 Å². The van der Waals surface area contributed by atoms with Gasteiger partial charge in [0.25, 0.3) is 0 Å². The van der Waals surface area contributed by atoms with Crippen LogP contribution in [0.25, 0.3) is 0 Å². The van der Waals surface area contributed by atoms with E-state index in [0.717, 1.165) is 36.9 Å². The Morgan fingerprint density at radius 1 is 1.23 bits per heavy atom. The van der Waals surface area contributed by atoms with E-state index in [0.29, 0.717) is 25.5 Å². The predicted molar refractivity (Wildman–Crippen MR) is 108 cm³/mol. The summed E-state index contributed by atoms with van der Waals surface area (Å²) in [5, 5.41) is 0.737. The van der Waals surface area contributed by atoms with Crippen LogP contribution >= 0.6 is 11.6 Å². The molecule has 1 aliphatic heterocycles. The van der Waals surface area contributed by atoms with Crippen LogP contribution in [0.1, 0.15) is 13.3 Å². The molecule has 7 nitrogen and oxygen atoms in total. The highest BCUT2D eigenvalue weighted by atomic mass is 35.5. The third kappa shape index (κ3) is 5.75. The molecule has 9 heteroatoms. The molecule has 1 saturated heterocycles. The molecule has 2 N–H and O–H groups in total. The SMILES string of the molecule is CCS(=O)(=O)N(C)CCCN=C(N)N1CCN(c2ccc(Cl)cc2)CC1. The lowest BCUT2D eigenvalue weighted by atomic mass is 10.2. The molecule has 0 amide bonds. The Morgan fingerprint density at radius 3 is 2.42 bits per heavy atom. The fourth-order valence-electron chi connectivity index (χ4n) is 2.79. The van der Waals surface area contributed by atoms with Crippen molar-refractivity contribution in [2.75, 3.05) is 57.0 Å². The van der Waals surface area contributed by atoms with Crippen LogP contribution in [0.5, 0.6) is 0 Å². The van der Waals surface area contributed by atoms with Crippen molar-refractivity contribution >= 4 is 33.3 Å². The predicted octanol–water partition coefficient (Wildman–Crippen LogP) is 1.45. The molecule has 146 valence electrons. The van der Waals surface area contributed by atoms with E-state index >= 15 is 0 Å². The highest BCUT2D eigenvalue weighted by molar-refractivity contribution is 7.89. The summed E-state index contributed by atoms with van der Waals surface area (Å²) in [6.07, 6.45) is 0.654. The van der Waals surface area contributed by atoms with Gasteiger partial charge in [0.15, 0.2) is 5.96 Å². The van der Waals surface area contributed by atoms with Gasteiger partial charge in [0.1, 0.15) is 0 Å². The van der Waals surface area contributed by atoms with Crippen LogP contribution in [0.15, 0.2) is 29.3 Å². The van der Waals surface area contributed by atoms with Crippen molar-refractivity contribution in [1.82, 2.24) is 9.21 Å². The summed E-state index contributed by atoms with van der Waals surface area (Å²) in [7, 11) is -1.53. The minimum absolute atomic E-state index is 0.118. The molecule has 1 heterocycles. The average molecular weight is 402 g/mol. The first-order valence-electron chi connectivity index (χ1n) is 8.83. The normalized spacial score (nSPS) is 16.4. The van der Waals surface area contributed by atoms with E-state index in [1.807, 2.05) is 24.3 Å². The van der Waals surface area contributed by atoms with Gasteiger partial charge in [-0.2, -0.15) is 0 Å². The number of hydrogen-bond donors (Lipinski definition) is 1. The fourth-order valence-corrected chi connectivity index (χ4v) is 3.77. The molecule has 0 bridgehead atoms. The summed E-state index contributed by atoms with van der Waals surface area (Å²) in [6.45, 7) is 5.98. The van der Waals surface area contributed by atoms with E-state index in [9.17, 15) is 8.42 Å². The standard InChI is InChI=1S/C17H28ClN5O2S/c1-3-26(24,25)21(2)10-4-9-20-17(19)23-13-11-22(12-14-23)16-7-5-15(18)6-8-16/h5-8H,3-4,9-14H2,1-2H3,(H2,19,20). The summed E-state index contributed by atoms with van der Waals surface area (Å²) >= 11 is 5.93. The molecule has 1 fully saturated rings. The van der Waals surface area contributed by atoms with Crippen molar-refractivity contribution in [3.8, 4) is 0 Å². The van der Waals surface area contributed by atoms with E-state index in [1.165, 1.54) is 4.31 Å². The number of benzene rings is 1. The summed E-state index contributed by atoms with van der Waals surface area (Å²) in [6, 6.07) is 7.84. The van der Waals surface area contributed by atoms with Gasteiger partial charge < -0.3 is 15.5 Å². The zero-order chi connectivity index (χ0) is 19.2. The average Bonchev–Trinajstić information content (AvgIpc) is 2.65. The van der Waals surface area contributed by atoms with Gasteiger partial charge >= 0.3 is 0 Å². The van der Waals surface area contributed by atoms with Crippen molar-refractivity contribution in [3.63, 3.8) is 0 Å². The van der Waals surface area contributed by atoms with Gasteiger partial charge in [0, 0.05) is 57.0 Å². The highest BCUT2D eigenvalue weighted by Gasteiger charge is 2.18. The number of piperazine rings is 1. The molecule has 0 radical (unpaired) electrons. The molecule has 26 heavy (non-hydrogen) atoms. The van der Waals surface area contributed by atoms with Crippen LogP contribution in [-0.4, -0.2) is 75.7 Å². The molecule has 0 saturated carbocycles. The first-order valence-corrected chi connectivity index (χ1v) is 10.8. The maximum absolute atomic E-state index is 11.7. The van der Waals surface area contributed by atoms with Crippen LogP contribution in [-0.2, 0) is 10.0 Å². The number of guanidine groups is 1. The Morgan fingerprint density at radius 2 is 1.85 bits per heavy atom. The molecule has 1 aliphatic rings. The van der Waals surface area contributed by atoms with Crippen molar-refractivity contribution in [2.24, 2.45) is 10.7 Å². The quantitative estimate of drug-likeness (QED) is 0.424. The number of aliphatic imine (C=N–C) groups is 1. The molecule has 2 rings (SSSR count). The van der Waals surface area contributed by atoms with Crippen LogP contribution < -0.4 is 10.6 Å². The number of hydrogen-bond acceptors (Lipinski definition) is 4. The summed E-state index contributed by atoms with van der Waals surface area (Å²) in [4.78, 5) is 8.76. The van der Waals surface area contributed by atoms with Crippen molar-refractivity contribution < 1.29 is 8.42 Å². The number of halogens is 1. The van der Waals surface area contributed by atoms with Crippen molar-refractivity contribution in [2.45, 2.75) is 13.3 Å². The summed E-state index contributed by atoms with van der Waals surface area (Å²) in [5.41, 5.74) is 7.25. The largest absolute Gasteiger partial charge is 0.370 e. The number of anilines is 1. The number of rotatable bonds is 7. The van der Waals surface area contributed by atoms with E-state index in [1.54, 1.807) is 14.0 Å².